The molecule has 1 amide bonds. The largest absolute Gasteiger partial charge is 0.365 e. The van der Waals surface area contributed by atoms with Crippen LogP contribution in [0.3, 0.4) is 0 Å². The second kappa shape index (κ2) is 7.75. The molecule has 0 fully saturated rings. The highest BCUT2D eigenvalue weighted by Gasteiger charge is 2.20. The summed E-state index contributed by atoms with van der Waals surface area (Å²) in [7, 11) is 0. The molecule has 0 aromatic heterocycles. The van der Waals surface area contributed by atoms with E-state index in [-0.39, 0.29) is 11.9 Å². The first-order chi connectivity index (χ1) is 11.7. The summed E-state index contributed by atoms with van der Waals surface area (Å²) in [5.74, 6) is 1.10. The number of hydrogen-bond acceptors (Lipinski definition) is 3. The van der Waals surface area contributed by atoms with Gasteiger partial charge in [0.15, 0.2) is 0 Å². The van der Waals surface area contributed by atoms with Crippen molar-refractivity contribution >= 4 is 23.4 Å². The van der Waals surface area contributed by atoms with Gasteiger partial charge in [0.1, 0.15) is 0 Å². The number of benzene rings is 2. The van der Waals surface area contributed by atoms with Gasteiger partial charge in [0.2, 0.25) is 0 Å². The van der Waals surface area contributed by atoms with Gasteiger partial charge in [0.05, 0.1) is 5.69 Å². The summed E-state index contributed by atoms with van der Waals surface area (Å²) in [6.45, 7) is 6.00. The van der Waals surface area contributed by atoms with Crippen LogP contribution in [0.1, 0.15) is 36.2 Å². The number of hydrogen-bond donors (Lipinski definition) is 1. The fourth-order valence-electron chi connectivity index (χ4n) is 2.79. The minimum Gasteiger partial charge on any atom is -0.365 e. The van der Waals surface area contributed by atoms with Gasteiger partial charge in [-0.1, -0.05) is 37.3 Å². The number of thioether (sulfide) groups is 1. The Balaban J connectivity index is 1.83. The van der Waals surface area contributed by atoms with Gasteiger partial charge in [-0.3, -0.25) is 4.79 Å². The predicted octanol–water partition coefficient (Wildman–Crippen LogP) is 4.33. The SMILES string of the molecule is CCC(C)NC(=O)c1ccc2c(c1)N(Cc1ccccc1)CCS2. The highest BCUT2D eigenvalue weighted by atomic mass is 32.2. The van der Waals surface area contributed by atoms with Crippen LogP contribution in [0.15, 0.2) is 53.4 Å². The van der Waals surface area contributed by atoms with Crippen molar-refractivity contribution in [2.75, 3.05) is 17.2 Å². The second-order valence-electron chi connectivity index (χ2n) is 6.22. The molecule has 1 heterocycles. The van der Waals surface area contributed by atoms with E-state index in [4.69, 9.17) is 0 Å². The second-order valence-corrected chi connectivity index (χ2v) is 7.36. The molecular weight excluding hydrogens is 316 g/mol. The number of nitrogens with one attached hydrogen (secondary N) is 1. The maximum absolute atomic E-state index is 12.4. The van der Waals surface area contributed by atoms with Crippen molar-refractivity contribution in [2.24, 2.45) is 0 Å². The van der Waals surface area contributed by atoms with Crippen molar-refractivity contribution in [3.05, 3.63) is 59.7 Å². The molecular formula is C20H24N2OS. The molecule has 126 valence electrons. The topological polar surface area (TPSA) is 32.3 Å². The zero-order chi connectivity index (χ0) is 16.9. The van der Waals surface area contributed by atoms with Crippen molar-refractivity contribution in [1.29, 1.82) is 0 Å². The zero-order valence-electron chi connectivity index (χ0n) is 14.3. The fraction of sp³-hybridized carbons (Fsp3) is 0.350. The summed E-state index contributed by atoms with van der Waals surface area (Å²) in [5, 5.41) is 3.05. The van der Waals surface area contributed by atoms with Crippen LogP contribution in [0, 0.1) is 0 Å². The van der Waals surface area contributed by atoms with Crippen LogP contribution in [-0.4, -0.2) is 24.2 Å². The molecule has 2 aromatic carbocycles. The van der Waals surface area contributed by atoms with Crippen molar-refractivity contribution in [3.8, 4) is 0 Å². The first-order valence-electron chi connectivity index (χ1n) is 8.54. The Labute approximate surface area is 148 Å². The molecule has 0 saturated carbocycles. The summed E-state index contributed by atoms with van der Waals surface area (Å²) < 4.78 is 0. The van der Waals surface area contributed by atoms with Crippen molar-refractivity contribution in [3.63, 3.8) is 0 Å². The minimum atomic E-state index is 0.0161. The van der Waals surface area contributed by atoms with E-state index in [1.807, 2.05) is 36.9 Å². The first-order valence-corrected chi connectivity index (χ1v) is 9.52. The predicted molar refractivity (Wildman–Crippen MR) is 102 cm³/mol. The van der Waals surface area contributed by atoms with E-state index >= 15 is 0 Å². The van der Waals surface area contributed by atoms with Crippen LogP contribution in [0.25, 0.3) is 0 Å². The van der Waals surface area contributed by atoms with Crippen molar-refractivity contribution < 1.29 is 4.79 Å². The van der Waals surface area contributed by atoms with Crippen LogP contribution < -0.4 is 10.2 Å². The Morgan fingerprint density at radius 1 is 1.25 bits per heavy atom. The van der Waals surface area contributed by atoms with Crippen LogP contribution in [-0.2, 0) is 6.54 Å². The van der Waals surface area contributed by atoms with Gasteiger partial charge in [0, 0.05) is 35.3 Å². The quantitative estimate of drug-likeness (QED) is 0.879. The summed E-state index contributed by atoms with van der Waals surface area (Å²) in [4.78, 5) is 16.1. The number of anilines is 1. The van der Waals surface area contributed by atoms with E-state index in [1.165, 1.54) is 16.1 Å². The summed E-state index contributed by atoms with van der Waals surface area (Å²) in [6, 6.07) is 16.8. The summed E-state index contributed by atoms with van der Waals surface area (Å²) >= 11 is 1.87. The third-order valence-corrected chi connectivity index (χ3v) is 5.43. The minimum absolute atomic E-state index is 0.0161. The molecule has 3 nitrogen and oxygen atoms in total. The standard InChI is InChI=1S/C20H24N2OS/c1-3-15(2)21-20(23)17-9-10-19-18(13-17)22(11-12-24-19)14-16-7-5-4-6-8-16/h4-10,13,15H,3,11-12,14H2,1-2H3,(H,21,23). The fourth-order valence-corrected chi connectivity index (χ4v) is 3.82. The lowest BCUT2D eigenvalue weighted by atomic mass is 10.1. The number of rotatable bonds is 5. The van der Waals surface area contributed by atoms with E-state index in [1.54, 1.807) is 0 Å². The maximum Gasteiger partial charge on any atom is 0.251 e. The molecule has 2 aromatic rings. The van der Waals surface area contributed by atoms with E-state index in [2.05, 4.69) is 47.5 Å². The molecule has 1 unspecified atom stereocenters. The van der Waals surface area contributed by atoms with Crippen molar-refractivity contribution in [1.82, 2.24) is 5.32 Å². The van der Waals surface area contributed by atoms with E-state index in [0.29, 0.717) is 0 Å². The van der Waals surface area contributed by atoms with Crippen LogP contribution in [0.5, 0.6) is 0 Å². The van der Waals surface area contributed by atoms with Gasteiger partial charge in [-0.15, -0.1) is 11.8 Å². The van der Waals surface area contributed by atoms with Gasteiger partial charge in [-0.2, -0.15) is 0 Å². The van der Waals surface area contributed by atoms with Crippen LogP contribution >= 0.6 is 11.8 Å². The number of nitrogens with zero attached hydrogens (tertiary/aromatic N) is 1. The van der Waals surface area contributed by atoms with Gasteiger partial charge in [-0.05, 0) is 37.1 Å². The number of carbonyl (C=O) groups excluding carboxylic acids is 1. The number of fused-ring (bicyclic) bond motifs is 1. The van der Waals surface area contributed by atoms with E-state index < -0.39 is 0 Å². The maximum atomic E-state index is 12.4. The monoisotopic (exact) mass is 340 g/mol. The molecule has 24 heavy (non-hydrogen) atoms. The van der Waals surface area contributed by atoms with Gasteiger partial charge >= 0.3 is 0 Å². The highest BCUT2D eigenvalue weighted by Crippen LogP contribution is 2.36. The number of carbonyl (C=O) groups is 1. The Kier molecular flexibility index (Phi) is 5.46. The van der Waals surface area contributed by atoms with E-state index in [9.17, 15) is 4.79 Å². The molecule has 1 aliphatic rings. The smallest absolute Gasteiger partial charge is 0.251 e. The third kappa shape index (κ3) is 3.93. The molecule has 1 atom stereocenters. The lowest BCUT2D eigenvalue weighted by Gasteiger charge is -2.31. The van der Waals surface area contributed by atoms with Gasteiger partial charge < -0.3 is 10.2 Å². The van der Waals surface area contributed by atoms with Gasteiger partial charge in [0.25, 0.3) is 5.91 Å². The normalized spacial score (nSPS) is 14.8. The summed E-state index contributed by atoms with van der Waals surface area (Å²) in [6.07, 6.45) is 0.937. The Morgan fingerprint density at radius 2 is 2.04 bits per heavy atom. The van der Waals surface area contributed by atoms with Crippen molar-refractivity contribution in [2.45, 2.75) is 37.8 Å². The molecule has 0 saturated heterocycles. The average molecular weight is 340 g/mol. The Morgan fingerprint density at radius 3 is 2.79 bits per heavy atom. The molecule has 4 heteroatoms. The zero-order valence-corrected chi connectivity index (χ0v) is 15.1. The van der Waals surface area contributed by atoms with Crippen LogP contribution in [0.4, 0.5) is 5.69 Å². The first kappa shape index (κ1) is 16.9. The highest BCUT2D eigenvalue weighted by molar-refractivity contribution is 7.99. The molecule has 1 N–H and O–H groups in total. The molecule has 1 aliphatic heterocycles. The molecule has 0 spiro atoms. The Bertz CT molecular complexity index is 702. The van der Waals surface area contributed by atoms with Crippen LogP contribution in [0.2, 0.25) is 0 Å². The molecule has 0 radical (unpaired) electrons. The lowest BCUT2D eigenvalue weighted by molar-refractivity contribution is 0.0939. The Hall–Kier alpha value is -1.94. The van der Waals surface area contributed by atoms with Gasteiger partial charge in [-0.25, -0.2) is 0 Å². The molecule has 0 aliphatic carbocycles. The number of amides is 1. The third-order valence-electron chi connectivity index (χ3n) is 4.39. The van der Waals surface area contributed by atoms with E-state index in [0.717, 1.165) is 30.8 Å². The summed E-state index contributed by atoms with van der Waals surface area (Å²) in [5.41, 5.74) is 3.21. The average Bonchev–Trinajstić information content (AvgIpc) is 2.62. The molecule has 3 rings (SSSR count). The lowest BCUT2D eigenvalue weighted by Crippen LogP contribution is -2.33. The molecule has 0 bridgehead atoms.